The van der Waals surface area contributed by atoms with Gasteiger partial charge in [0, 0.05) is 43.6 Å². The molecule has 1 amide bonds. The molecule has 1 saturated heterocycles. The number of aryl methyl sites for hydroxylation is 2. The van der Waals surface area contributed by atoms with Crippen LogP contribution in [0.15, 0.2) is 54.6 Å². The summed E-state index contributed by atoms with van der Waals surface area (Å²) < 4.78 is 19.0. The normalized spacial score (nSPS) is 13.7. The van der Waals surface area contributed by atoms with Gasteiger partial charge in [0.25, 0.3) is 5.91 Å². The number of carbonyl (C=O) groups excluding carboxylic acids is 1. The van der Waals surface area contributed by atoms with E-state index >= 15 is 0 Å². The zero-order valence-electron chi connectivity index (χ0n) is 18.2. The van der Waals surface area contributed by atoms with Crippen molar-refractivity contribution in [3.63, 3.8) is 0 Å². The first kappa shape index (κ1) is 21.5. The summed E-state index contributed by atoms with van der Waals surface area (Å²) in [4.78, 5) is 25.5. The number of rotatable bonds is 6. The van der Waals surface area contributed by atoms with Gasteiger partial charge in [-0.3, -0.25) is 4.79 Å². The Morgan fingerprint density at radius 2 is 1.75 bits per heavy atom. The standard InChI is InChI=1S/C24H26FN5O2/c1-17-7-9-19(10-8-17)27-24-26-18(2)15-22(28-24)29-11-13-30(14-12-29)23(31)16-32-21-6-4-3-5-20(21)25/h3-10,15H,11-14,16H2,1-2H3,(H,26,27,28). The molecule has 1 N–H and O–H groups in total. The highest BCUT2D eigenvalue weighted by atomic mass is 19.1. The summed E-state index contributed by atoms with van der Waals surface area (Å²) in [5.41, 5.74) is 2.98. The number of amides is 1. The van der Waals surface area contributed by atoms with E-state index in [0.29, 0.717) is 32.1 Å². The van der Waals surface area contributed by atoms with E-state index in [0.717, 1.165) is 17.2 Å². The minimum absolute atomic E-state index is 0.0875. The van der Waals surface area contributed by atoms with Gasteiger partial charge in [-0.1, -0.05) is 29.8 Å². The van der Waals surface area contributed by atoms with Crippen LogP contribution in [-0.2, 0) is 4.79 Å². The van der Waals surface area contributed by atoms with E-state index in [1.165, 1.54) is 17.7 Å². The maximum absolute atomic E-state index is 13.7. The van der Waals surface area contributed by atoms with E-state index in [1.54, 1.807) is 17.0 Å². The van der Waals surface area contributed by atoms with Crippen LogP contribution in [0.5, 0.6) is 5.75 Å². The first-order valence-corrected chi connectivity index (χ1v) is 10.6. The number of anilines is 3. The molecule has 4 rings (SSSR count). The number of hydrogen-bond acceptors (Lipinski definition) is 6. The predicted molar refractivity (Wildman–Crippen MR) is 122 cm³/mol. The summed E-state index contributed by atoms with van der Waals surface area (Å²) in [5, 5.41) is 3.25. The molecule has 7 nitrogen and oxygen atoms in total. The molecule has 0 bridgehead atoms. The molecule has 8 heteroatoms. The topological polar surface area (TPSA) is 70.6 Å². The third-order valence-corrected chi connectivity index (χ3v) is 5.29. The molecule has 0 aliphatic carbocycles. The second-order valence-electron chi connectivity index (χ2n) is 7.77. The maximum atomic E-state index is 13.7. The van der Waals surface area contributed by atoms with Crippen molar-refractivity contribution in [3.8, 4) is 5.75 Å². The van der Waals surface area contributed by atoms with Gasteiger partial charge in [-0.15, -0.1) is 0 Å². The highest BCUT2D eigenvalue weighted by molar-refractivity contribution is 5.78. The number of hydrogen-bond donors (Lipinski definition) is 1. The van der Waals surface area contributed by atoms with Crippen LogP contribution in [0.2, 0.25) is 0 Å². The van der Waals surface area contributed by atoms with Crippen molar-refractivity contribution in [2.24, 2.45) is 0 Å². The summed E-state index contributed by atoms with van der Waals surface area (Å²) in [6.45, 7) is 6.18. The van der Waals surface area contributed by atoms with E-state index in [-0.39, 0.29) is 18.3 Å². The monoisotopic (exact) mass is 435 g/mol. The third-order valence-electron chi connectivity index (χ3n) is 5.29. The molecule has 1 aliphatic heterocycles. The van der Waals surface area contributed by atoms with Crippen molar-refractivity contribution in [1.29, 1.82) is 0 Å². The average Bonchev–Trinajstić information content (AvgIpc) is 2.79. The van der Waals surface area contributed by atoms with Crippen LogP contribution in [0.25, 0.3) is 0 Å². The van der Waals surface area contributed by atoms with E-state index in [2.05, 4.69) is 20.2 Å². The lowest BCUT2D eigenvalue weighted by Crippen LogP contribution is -2.50. The Hall–Kier alpha value is -3.68. The van der Waals surface area contributed by atoms with Crippen molar-refractivity contribution < 1.29 is 13.9 Å². The summed E-state index contributed by atoms with van der Waals surface area (Å²) in [6.07, 6.45) is 0. The molecule has 32 heavy (non-hydrogen) atoms. The largest absolute Gasteiger partial charge is 0.481 e. The van der Waals surface area contributed by atoms with E-state index in [1.807, 2.05) is 44.2 Å². The number of ether oxygens (including phenoxy) is 1. The molecule has 2 aromatic carbocycles. The van der Waals surface area contributed by atoms with Crippen molar-refractivity contribution in [2.75, 3.05) is 43.0 Å². The Morgan fingerprint density at radius 3 is 2.47 bits per heavy atom. The van der Waals surface area contributed by atoms with Crippen molar-refractivity contribution in [2.45, 2.75) is 13.8 Å². The summed E-state index contributed by atoms with van der Waals surface area (Å²) >= 11 is 0. The number of benzene rings is 2. The minimum Gasteiger partial charge on any atom is -0.481 e. The van der Waals surface area contributed by atoms with Crippen LogP contribution in [0.3, 0.4) is 0 Å². The molecule has 166 valence electrons. The molecular weight excluding hydrogens is 409 g/mol. The average molecular weight is 436 g/mol. The van der Waals surface area contributed by atoms with Gasteiger partial charge < -0.3 is 19.9 Å². The fraction of sp³-hybridized carbons (Fsp3) is 0.292. The van der Waals surface area contributed by atoms with Crippen molar-refractivity contribution in [3.05, 3.63) is 71.7 Å². The first-order chi connectivity index (χ1) is 15.5. The highest BCUT2D eigenvalue weighted by Gasteiger charge is 2.23. The minimum atomic E-state index is -0.473. The molecule has 0 atom stereocenters. The molecule has 0 saturated carbocycles. The lowest BCUT2D eigenvalue weighted by molar-refractivity contribution is -0.133. The second-order valence-corrected chi connectivity index (χ2v) is 7.77. The number of halogens is 1. The van der Waals surface area contributed by atoms with Gasteiger partial charge in [0.1, 0.15) is 5.82 Å². The van der Waals surface area contributed by atoms with Crippen LogP contribution < -0.4 is 15.0 Å². The van der Waals surface area contributed by atoms with Gasteiger partial charge in [-0.05, 0) is 38.1 Å². The smallest absolute Gasteiger partial charge is 0.260 e. The van der Waals surface area contributed by atoms with Gasteiger partial charge >= 0.3 is 0 Å². The number of aromatic nitrogens is 2. The Bertz CT molecular complexity index is 1080. The van der Waals surface area contributed by atoms with E-state index in [9.17, 15) is 9.18 Å². The fourth-order valence-electron chi connectivity index (χ4n) is 3.51. The van der Waals surface area contributed by atoms with E-state index in [4.69, 9.17) is 4.74 Å². The third kappa shape index (κ3) is 5.32. The van der Waals surface area contributed by atoms with Crippen LogP contribution >= 0.6 is 0 Å². The molecule has 3 aromatic rings. The maximum Gasteiger partial charge on any atom is 0.260 e. The molecular formula is C24H26FN5O2. The lowest BCUT2D eigenvalue weighted by Gasteiger charge is -2.35. The summed E-state index contributed by atoms with van der Waals surface area (Å²) in [6, 6.07) is 16.1. The van der Waals surface area contributed by atoms with E-state index < -0.39 is 5.82 Å². The molecule has 0 radical (unpaired) electrons. The quantitative estimate of drug-likeness (QED) is 0.637. The number of piperazine rings is 1. The van der Waals surface area contributed by atoms with Crippen LogP contribution in [-0.4, -0.2) is 53.6 Å². The molecule has 0 unspecified atom stereocenters. The van der Waals surface area contributed by atoms with Gasteiger partial charge in [0.15, 0.2) is 18.2 Å². The van der Waals surface area contributed by atoms with Gasteiger partial charge in [0.05, 0.1) is 0 Å². The zero-order valence-corrected chi connectivity index (χ0v) is 18.2. The van der Waals surface area contributed by atoms with Crippen LogP contribution in [0.1, 0.15) is 11.3 Å². The van der Waals surface area contributed by atoms with Gasteiger partial charge in [-0.2, -0.15) is 4.98 Å². The molecule has 1 aromatic heterocycles. The number of nitrogens with one attached hydrogen (secondary N) is 1. The molecule has 0 spiro atoms. The molecule has 1 fully saturated rings. The highest BCUT2D eigenvalue weighted by Crippen LogP contribution is 2.20. The number of carbonyl (C=O) groups is 1. The Kier molecular flexibility index (Phi) is 6.49. The van der Waals surface area contributed by atoms with Gasteiger partial charge in [-0.25, -0.2) is 9.37 Å². The van der Waals surface area contributed by atoms with Gasteiger partial charge in [0.2, 0.25) is 5.95 Å². The zero-order chi connectivity index (χ0) is 22.5. The summed E-state index contributed by atoms with van der Waals surface area (Å²) in [7, 11) is 0. The lowest BCUT2D eigenvalue weighted by atomic mass is 10.2. The predicted octanol–water partition coefficient (Wildman–Crippen LogP) is 3.70. The Balaban J connectivity index is 1.34. The SMILES string of the molecule is Cc1ccc(Nc2nc(C)cc(N3CCN(C(=O)COc4ccccc4F)CC3)n2)cc1. The van der Waals surface area contributed by atoms with Crippen molar-refractivity contribution in [1.82, 2.24) is 14.9 Å². The Labute approximate surface area is 186 Å². The number of para-hydroxylation sites is 1. The Morgan fingerprint density at radius 1 is 1.03 bits per heavy atom. The second kappa shape index (κ2) is 9.64. The van der Waals surface area contributed by atoms with Crippen molar-refractivity contribution >= 4 is 23.4 Å². The summed E-state index contributed by atoms with van der Waals surface area (Å²) in [5.74, 6) is 0.819. The molecule has 1 aliphatic rings. The fourth-order valence-corrected chi connectivity index (χ4v) is 3.51. The van der Waals surface area contributed by atoms with Crippen LogP contribution in [0.4, 0.5) is 21.8 Å². The first-order valence-electron chi connectivity index (χ1n) is 10.6. The molecule has 2 heterocycles. The number of nitrogens with zero attached hydrogens (tertiary/aromatic N) is 4. The van der Waals surface area contributed by atoms with Crippen LogP contribution in [0, 0.1) is 19.7 Å².